The summed E-state index contributed by atoms with van der Waals surface area (Å²) in [6, 6.07) is 0. The van der Waals surface area contributed by atoms with Gasteiger partial charge in [0.05, 0.1) is 0 Å². The summed E-state index contributed by atoms with van der Waals surface area (Å²) in [5.41, 5.74) is -4.85. The summed E-state index contributed by atoms with van der Waals surface area (Å²) in [5.74, 6) is -1.18. The van der Waals surface area contributed by atoms with Crippen molar-refractivity contribution >= 4 is 5.97 Å². The van der Waals surface area contributed by atoms with Crippen molar-refractivity contribution in [2.75, 3.05) is 13.2 Å². The summed E-state index contributed by atoms with van der Waals surface area (Å²) in [5, 5.41) is 54.6. The van der Waals surface area contributed by atoms with E-state index in [1.165, 1.54) is 12.2 Å². The normalized spacial score (nSPS) is 50.0. The highest BCUT2D eigenvalue weighted by Gasteiger charge is 2.72. The first-order valence-corrected chi connectivity index (χ1v) is 9.60. The van der Waals surface area contributed by atoms with E-state index in [1.54, 1.807) is 6.92 Å². The highest BCUT2D eigenvalue weighted by Crippen LogP contribution is 2.64. The topological polar surface area (TPSA) is 127 Å². The molecule has 7 nitrogen and oxygen atoms in total. The van der Waals surface area contributed by atoms with Gasteiger partial charge in [0.15, 0.2) is 0 Å². The van der Waals surface area contributed by atoms with Gasteiger partial charge < -0.3 is 30.3 Å². The first-order chi connectivity index (χ1) is 12.5. The second-order valence-corrected chi connectivity index (χ2v) is 8.99. The molecular formula is C20H28O7. The number of aliphatic hydroxyl groups excluding tert-OH is 2. The van der Waals surface area contributed by atoms with Gasteiger partial charge in [-0.15, -0.1) is 0 Å². The second-order valence-electron chi connectivity index (χ2n) is 8.99. The van der Waals surface area contributed by atoms with Crippen molar-refractivity contribution < 1.29 is 35.1 Å². The molecule has 1 unspecified atom stereocenters. The van der Waals surface area contributed by atoms with Crippen LogP contribution < -0.4 is 0 Å². The van der Waals surface area contributed by atoms with E-state index in [2.05, 4.69) is 0 Å². The molecular weight excluding hydrogens is 352 g/mol. The molecule has 150 valence electrons. The van der Waals surface area contributed by atoms with Gasteiger partial charge in [-0.3, -0.25) is 0 Å². The lowest BCUT2D eigenvalue weighted by Crippen LogP contribution is -2.77. The van der Waals surface area contributed by atoms with E-state index < -0.39 is 34.2 Å². The van der Waals surface area contributed by atoms with Crippen LogP contribution in [0.5, 0.6) is 0 Å². The molecule has 0 saturated heterocycles. The summed E-state index contributed by atoms with van der Waals surface area (Å²) in [4.78, 5) is 12.0. The molecule has 0 aromatic heterocycles. The van der Waals surface area contributed by atoms with Gasteiger partial charge >= 0.3 is 5.97 Å². The molecule has 0 spiro atoms. The molecule has 1 fully saturated rings. The number of esters is 1. The molecule has 7 heteroatoms. The van der Waals surface area contributed by atoms with Gasteiger partial charge in [-0.05, 0) is 37.2 Å². The predicted molar refractivity (Wildman–Crippen MR) is 94.3 cm³/mol. The fourth-order valence-electron chi connectivity index (χ4n) is 5.95. The van der Waals surface area contributed by atoms with Gasteiger partial charge in [-0.2, -0.15) is 0 Å². The summed E-state index contributed by atoms with van der Waals surface area (Å²) in [6.45, 7) is 3.28. The number of carbonyl (C=O) groups excluding carboxylic acids is 1. The highest BCUT2D eigenvalue weighted by atomic mass is 16.5. The van der Waals surface area contributed by atoms with E-state index in [0.29, 0.717) is 24.8 Å². The maximum atomic E-state index is 12.0. The molecule has 1 aliphatic heterocycles. The van der Waals surface area contributed by atoms with Gasteiger partial charge in [0, 0.05) is 23.5 Å². The number of fused-ring (bicyclic) bond motifs is 4. The van der Waals surface area contributed by atoms with Crippen LogP contribution in [0.4, 0.5) is 0 Å². The van der Waals surface area contributed by atoms with Gasteiger partial charge in [0.2, 0.25) is 0 Å². The zero-order valence-electron chi connectivity index (χ0n) is 15.7. The SMILES string of the molecule is CC(CO)[C@]1(O)C=C[C@@]2(O)[C@@]3(C)CCC4=C(COC4=O)[C@@H]3CC[C@@]2(O)[C@@H]1O. The number of aliphatic hydroxyl groups is 5. The molecule has 1 heterocycles. The third-order valence-electron chi connectivity index (χ3n) is 7.97. The van der Waals surface area contributed by atoms with E-state index >= 15 is 0 Å². The number of rotatable bonds is 2. The zero-order valence-corrected chi connectivity index (χ0v) is 15.7. The molecule has 0 aromatic rings. The largest absolute Gasteiger partial charge is 0.458 e. The minimum Gasteiger partial charge on any atom is -0.458 e. The van der Waals surface area contributed by atoms with E-state index in [9.17, 15) is 30.3 Å². The molecule has 0 radical (unpaired) electrons. The second kappa shape index (κ2) is 5.64. The Labute approximate surface area is 158 Å². The monoisotopic (exact) mass is 380 g/mol. The predicted octanol–water partition coefficient (Wildman–Crippen LogP) is -0.198. The van der Waals surface area contributed by atoms with E-state index in [-0.39, 0.29) is 31.5 Å². The van der Waals surface area contributed by atoms with Crippen LogP contribution in [0.15, 0.2) is 23.3 Å². The van der Waals surface area contributed by atoms with Crippen LogP contribution in [0.25, 0.3) is 0 Å². The van der Waals surface area contributed by atoms with Gasteiger partial charge in [-0.25, -0.2) is 4.79 Å². The quantitative estimate of drug-likeness (QED) is 0.332. The minimum atomic E-state index is -1.97. The van der Waals surface area contributed by atoms with E-state index in [1.807, 2.05) is 6.92 Å². The summed E-state index contributed by atoms with van der Waals surface area (Å²) in [6.07, 6.45) is 2.48. The first-order valence-electron chi connectivity index (χ1n) is 9.60. The Morgan fingerprint density at radius 3 is 2.63 bits per heavy atom. The molecule has 7 atom stereocenters. The van der Waals surface area contributed by atoms with Gasteiger partial charge in [0.1, 0.15) is 29.5 Å². The van der Waals surface area contributed by atoms with Gasteiger partial charge in [-0.1, -0.05) is 26.0 Å². The summed E-state index contributed by atoms with van der Waals surface area (Å²) >= 11 is 0. The maximum absolute atomic E-state index is 12.0. The fourth-order valence-corrected chi connectivity index (χ4v) is 5.95. The molecule has 3 aliphatic carbocycles. The lowest BCUT2D eigenvalue weighted by atomic mass is 9.44. The van der Waals surface area contributed by atoms with Gasteiger partial charge in [0.25, 0.3) is 0 Å². The summed E-state index contributed by atoms with van der Waals surface area (Å²) < 4.78 is 5.20. The first kappa shape index (κ1) is 19.1. The number of carbonyl (C=O) groups is 1. The van der Waals surface area contributed by atoms with Crippen LogP contribution in [0.1, 0.15) is 39.5 Å². The number of cyclic esters (lactones) is 1. The molecule has 4 aliphatic rings. The molecule has 0 bridgehead atoms. The Balaban J connectivity index is 1.83. The smallest absolute Gasteiger partial charge is 0.334 e. The fraction of sp³-hybridized carbons (Fsp3) is 0.750. The van der Waals surface area contributed by atoms with Crippen molar-refractivity contribution in [3.63, 3.8) is 0 Å². The molecule has 0 amide bonds. The van der Waals surface area contributed by atoms with Crippen LogP contribution in [-0.4, -0.2) is 67.6 Å². The van der Waals surface area contributed by atoms with Crippen molar-refractivity contribution in [1.82, 2.24) is 0 Å². The van der Waals surface area contributed by atoms with E-state index in [4.69, 9.17) is 4.74 Å². The standard InChI is InChI=1S/C20H28O7/c1-11(9-21)18(24)7-8-20(26)17(2)5-3-12-13(10-27-15(12)22)14(17)4-6-19(20,25)16(18)23/h7-8,11,14,16,21,23-26H,3-6,9-10H2,1-2H3/t11?,14-,16+,17-,18+,19+,20+/m0/s1. The molecule has 5 N–H and O–H groups in total. The van der Waals surface area contributed by atoms with Crippen molar-refractivity contribution in [2.24, 2.45) is 17.3 Å². The van der Waals surface area contributed by atoms with Crippen LogP contribution in [-0.2, 0) is 9.53 Å². The van der Waals surface area contributed by atoms with Crippen molar-refractivity contribution in [1.29, 1.82) is 0 Å². The Hall–Kier alpha value is -1.25. The number of ether oxygens (including phenoxy) is 1. The lowest BCUT2D eigenvalue weighted by molar-refractivity contribution is -0.295. The highest BCUT2D eigenvalue weighted by molar-refractivity contribution is 5.92. The van der Waals surface area contributed by atoms with Crippen LogP contribution >= 0.6 is 0 Å². The average molecular weight is 380 g/mol. The van der Waals surface area contributed by atoms with Crippen LogP contribution in [0.2, 0.25) is 0 Å². The van der Waals surface area contributed by atoms with Crippen molar-refractivity contribution in [3.05, 3.63) is 23.3 Å². The minimum absolute atomic E-state index is 0.0562. The Kier molecular flexibility index (Phi) is 3.99. The average Bonchev–Trinajstić information content (AvgIpc) is 3.02. The summed E-state index contributed by atoms with van der Waals surface area (Å²) in [7, 11) is 0. The zero-order chi connectivity index (χ0) is 19.8. The molecule has 27 heavy (non-hydrogen) atoms. The van der Waals surface area contributed by atoms with E-state index in [0.717, 1.165) is 5.57 Å². The molecule has 1 saturated carbocycles. The molecule has 4 rings (SSSR count). The van der Waals surface area contributed by atoms with Crippen molar-refractivity contribution in [2.45, 2.75) is 62.4 Å². The molecule has 0 aromatic carbocycles. The third-order valence-corrected chi connectivity index (χ3v) is 7.97. The maximum Gasteiger partial charge on any atom is 0.334 e. The van der Waals surface area contributed by atoms with Crippen LogP contribution in [0.3, 0.4) is 0 Å². The lowest BCUT2D eigenvalue weighted by Gasteiger charge is -2.65. The van der Waals surface area contributed by atoms with Crippen molar-refractivity contribution in [3.8, 4) is 0 Å². The third kappa shape index (κ3) is 2.07. The number of hydrogen-bond donors (Lipinski definition) is 5. The number of hydrogen-bond acceptors (Lipinski definition) is 7. The Bertz CT molecular complexity index is 745. The van der Waals surface area contributed by atoms with Crippen LogP contribution in [0, 0.1) is 17.3 Å². The Morgan fingerprint density at radius 2 is 1.96 bits per heavy atom. The Morgan fingerprint density at radius 1 is 1.26 bits per heavy atom.